The van der Waals surface area contributed by atoms with Crippen LogP contribution < -0.4 is 10.1 Å². The Kier molecular flexibility index (Phi) is 5.97. The van der Waals surface area contributed by atoms with Crippen LogP contribution in [0, 0.1) is 11.6 Å². The molecule has 0 bridgehead atoms. The zero-order valence-electron chi connectivity index (χ0n) is 14.2. The molecule has 3 rings (SSSR count). The summed E-state index contributed by atoms with van der Waals surface area (Å²) in [5.41, 5.74) is 0.745. The number of aromatic nitrogens is 4. The van der Waals surface area contributed by atoms with Crippen molar-refractivity contribution in [3.05, 3.63) is 59.7 Å². The molecular weight excluding hydrogens is 376 g/mol. The molecule has 7 nitrogen and oxygen atoms in total. The molecule has 0 saturated heterocycles. The Balaban J connectivity index is 1.59. The van der Waals surface area contributed by atoms with Gasteiger partial charge in [-0.2, -0.15) is 0 Å². The van der Waals surface area contributed by atoms with Crippen molar-refractivity contribution in [2.24, 2.45) is 0 Å². The largest absolute Gasteiger partial charge is 0.497 e. The first-order valence-electron chi connectivity index (χ1n) is 7.82. The fraction of sp³-hybridized carbons (Fsp3) is 0.176. The number of nitrogens with one attached hydrogen (secondary N) is 1. The highest BCUT2D eigenvalue weighted by Gasteiger charge is 2.13. The topological polar surface area (TPSA) is 81.9 Å². The Morgan fingerprint density at radius 3 is 2.74 bits per heavy atom. The second-order valence-corrected chi connectivity index (χ2v) is 6.37. The van der Waals surface area contributed by atoms with E-state index in [9.17, 15) is 13.6 Å². The molecule has 10 heteroatoms. The number of carbonyl (C=O) groups is 1. The molecule has 3 aromatic rings. The molecule has 2 aromatic carbocycles. The summed E-state index contributed by atoms with van der Waals surface area (Å²) in [7, 11) is 1.59. The predicted molar refractivity (Wildman–Crippen MR) is 95.6 cm³/mol. The number of nitrogens with zero attached hydrogens (tertiary/aromatic N) is 4. The number of halogens is 2. The molecule has 0 spiro atoms. The number of amides is 1. The standard InChI is InChI=1S/C17H15F2N5O2S/c1-26-13-5-2-11(3-6-13)9-24-17(21-22-23-24)27-10-16(25)20-15-8-12(18)4-7-14(15)19/h2-8H,9-10H2,1H3,(H,20,25). The van der Waals surface area contributed by atoms with Crippen molar-refractivity contribution in [3.63, 3.8) is 0 Å². The molecule has 1 amide bonds. The first-order chi connectivity index (χ1) is 13.0. The van der Waals surface area contributed by atoms with Crippen molar-refractivity contribution < 1.29 is 18.3 Å². The minimum atomic E-state index is -0.709. The first-order valence-corrected chi connectivity index (χ1v) is 8.80. The maximum Gasteiger partial charge on any atom is 0.234 e. The van der Waals surface area contributed by atoms with Crippen molar-refractivity contribution in [2.45, 2.75) is 11.7 Å². The summed E-state index contributed by atoms with van der Waals surface area (Å²) in [6.45, 7) is 0.416. The molecule has 1 N–H and O–H groups in total. The molecule has 0 radical (unpaired) electrons. The van der Waals surface area contributed by atoms with E-state index in [2.05, 4.69) is 20.8 Å². The van der Waals surface area contributed by atoms with Gasteiger partial charge in [0.05, 0.1) is 25.1 Å². The fourth-order valence-electron chi connectivity index (χ4n) is 2.21. The number of hydrogen-bond acceptors (Lipinski definition) is 6. The third kappa shape index (κ3) is 5.00. The fourth-order valence-corrected chi connectivity index (χ4v) is 2.89. The molecule has 1 heterocycles. The summed E-state index contributed by atoms with van der Waals surface area (Å²) in [5, 5.41) is 14.2. The Hall–Kier alpha value is -3.01. The molecular formula is C17H15F2N5O2S. The third-order valence-corrected chi connectivity index (χ3v) is 4.48. The van der Waals surface area contributed by atoms with E-state index in [1.54, 1.807) is 11.8 Å². The second kappa shape index (κ2) is 8.58. The summed E-state index contributed by atoms with van der Waals surface area (Å²) < 4.78 is 33.4. The Morgan fingerprint density at radius 2 is 2.00 bits per heavy atom. The summed E-state index contributed by atoms with van der Waals surface area (Å²) in [4.78, 5) is 12.0. The van der Waals surface area contributed by atoms with E-state index in [1.165, 1.54) is 0 Å². The van der Waals surface area contributed by atoms with E-state index in [-0.39, 0.29) is 11.4 Å². The van der Waals surface area contributed by atoms with Gasteiger partial charge in [-0.3, -0.25) is 4.79 Å². The molecule has 140 valence electrons. The summed E-state index contributed by atoms with van der Waals surface area (Å²) >= 11 is 1.09. The van der Waals surface area contributed by atoms with Crippen molar-refractivity contribution in [1.82, 2.24) is 20.2 Å². The van der Waals surface area contributed by atoms with Gasteiger partial charge < -0.3 is 10.1 Å². The molecule has 27 heavy (non-hydrogen) atoms. The quantitative estimate of drug-likeness (QED) is 0.624. The van der Waals surface area contributed by atoms with E-state index >= 15 is 0 Å². The highest BCUT2D eigenvalue weighted by molar-refractivity contribution is 7.99. The minimum absolute atomic E-state index is 0.0566. The summed E-state index contributed by atoms with van der Waals surface area (Å²) in [5.74, 6) is -1.16. The van der Waals surface area contributed by atoms with Gasteiger partial charge in [0.1, 0.15) is 17.4 Å². The van der Waals surface area contributed by atoms with Crippen LogP contribution in [-0.4, -0.2) is 39.0 Å². The maximum atomic E-state index is 13.6. The first kappa shape index (κ1) is 18.8. The van der Waals surface area contributed by atoms with Gasteiger partial charge in [0, 0.05) is 6.07 Å². The number of benzene rings is 2. The average Bonchev–Trinajstić information content (AvgIpc) is 3.10. The highest BCUT2D eigenvalue weighted by atomic mass is 32.2. The van der Waals surface area contributed by atoms with Crippen LogP contribution in [0.4, 0.5) is 14.5 Å². The highest BCUT2D eigenvalue weighted by Crippen LogP contribution is 2.19. The number of tetrazole rings is 1. The molecule has 0 unspecified atom stereocenters. The zero-order chi connectivity index (χ0) is 19.2. The minimum Gasteiger partial charge on any atom is -0.497 e. The Labute approximate surface area is 157 Å². The number of thioether (sulfide) groups is 1. The van der Waals surface area contributed by atoms with Gasteiger partial charge in [-0.15, -0.1) is 5.10 Å². The lowest BCUT2D eigenvalue weighted by molar-refractivity contribution is -0.113. The van der Waals surface area contributed by atoms with Gasteiger partial charge >= 0.3 is 0 Å². The monoisotopic (exact) mass is 391 g/mol. The number of rotatable bonds is 7. The smallest absolute Gasteiger partial charge is 0.234 e. The normalized spacial score (nSPS) is 10.6. The molecule has 1 aromatic heterocycles. The number of hydrogen-bond donors (Lipinski definition) is 1. The molecule has 0 aliphatic heterocycles. The number of ether oxygens (including phenoxy) is 1. The number of carbonyl (C=O) groups excluding carboxylic acids is 1. The van der Waals surface area contributed by atoms with E-state index in [4.69, 9.17) is 4.74 Å². The van der Waals surface area contributed by atoms with Gasteiger partial charge in [0.15, 0.2) is 0 Å². The van der Waals surface area contributed by atoms with Crippen LogP contribution in [0.3, 0.4) is 0 Å². The van der Waals surface area contributed by atoms with Crippen molar-refractivity contribution in [1.29, 1.82) is 0 Å². The van der Waals surface area contributed by atoms with E-state index in [0.717, 1.165) is 41.3 Å². The van der Waals surface area contributed by atoms with Gasteiger partial charge in [-0.1, -0.05) is 23.9 Å². The van der Waals surface area contributed by atoms with Crippen molar-refractivity contribution in [3.8, 4) is 5.75 Å². The third-order valence-electron chi connectivity index (χ3n) is 3.53. The van der Waals surface area contributed by atoms with Crippen LogP contribution in [0.2, 0.25) is 0 Å². The maximum absolute atomic E-state index is 13.6. The molecule has 0 atom stereocenters. The van der Waals surface area contributed by atoms with Crippen molar-refractivity contribution >= 4 is 23.4 Å². The van der Waals surface area contributed by atoms with E-state index < -0.39 is 17.5 Å². The van der Waals surface area contributed by atoms with Crippen LogP contribution in [0.1, 0.15) is 5.56 Å². The molecule has 0 aliphatic carbocycles. The van der Waals surface area contributed by atoms with Crippen LogP contribution in [0.5, 0.6) is 5.75 Å². The Morgan fingerprint density at radius 1 is 1.22 bits per heavy atom. The number of methoxy groups -OCH3 is 1. The summed E-state index contributed by atoms with van der Waals surface area (Å²) in [6.07, 6.45) is 0. The zero-order valence-corrected chi connectivity index (χ0v) is 15.0. The van der Waals surface area contributed by atoms with Crippen LogP contribution in [0.15, 0.2) is 47.6 Å². The Bertz CT molecular complexity index is 933. The van der Waals surface area contributed by atoms with Gasteiger partial charge in [-0.25, -0.2) is 13.5 Å². The lowest BCUT2D eigenvalue weighted by Gasteiger charge is -2.07. The van der Waals surface area contributed by atoms with Gasteiger partial charge in [0.2, 0.25) is 11.1 Å². The lowest BCUT2D eigenvalue weighted by atomic mass is 10.2. The predicted octanol–water partition coefficient (Wildman–Crippen LogP) is 2.74. The van der Waals surface area contributed by atoms with Crippen LogP contribution in [0.25, 0.3) is 0 Å². The number of anilines is 1. The van der Waals surface area contributed by atoms with Crippen LogP contribution in [-0.2, 0) is 11.3 Å². The second-order valence-electron chi connectivity index (χ2n) is 5.43. The molecule has 0 saturated carbocycles. The van der Waals surface area contributed by atoms with Crippen molar-refractivity contribution in [2.75, 3.05) is 18.2 Å². The summed E-state index contributed by atoms with van der Waals surface area (Å²) in [6, 6.07) is 10.3. The van der Waals surface area contributed by atoms with E-state index in [0.29, 0.717) is 11.7 Å². The SMILES string of the molecule is COc1ccc(Cn2nnnc2SCC(=O)Nc2cc(F)ccc2F)cc1. The molecule has 0 aliphatic rings. The average molecular weight is 391 g/mol. The lowest BCUT2D eigenvalue weighted by Crippen LogP contribution is -2.16. The van der Waals surface area contributed by atoms with Crippen LogP contribution >= 0.6 is 11.8 Å². The van der Waals surface area contributed by atoms with E-state index in [1.807, 2.05) is 24.3 Å². The molecule has 0 fully saturated rings. The van der Waals surface area contributed by atoms with Gasteiger partial charge in [-0.05, 0) is 40.3 Å². The van der Waals surface area contributed by atoms with Gasteiger partial charge in [0.25, 0.3) is 0 Å².